The molecule has 8 nitrogen and oxygen atoms in total. The van der Waals surface area contributed by atoms with E-state index in [0.717, 1.165) is 0 Å². The smallest absolute Gasteiger partial charge is 0.294 e. The molecule has 27 heavy (non-hydrogen) atoms. The van der Waals surface area contributed by atoms with Gasteiger partial charge in [-0.25, -0.2) is 10.0 Å². The van der Waals surface area contributed by atoms with Gasteiger partial charge < -0.3 is 14.0 Å². The second kappa shape index (κ2) is 7.94. The molecular formula is C19H21N3O5. The molecule has 2 heterocycles. The van der Waals surface area contributed by atoms with E-state index in [1.165, 1.54) is 16.1 Å². The van der Waals surface area contributed by atoms with Crippen LogP contribution in [0, 0.1) is 6.92 Å². The first-order chi connectivity index (χ1) is 13.0. The van der Waals surface area contributed by atoms with Crippen LogP contribution >= 0.6 is 0 Å². The first kappa shape index (κ1) is 18.5. The SMILES string of the molecule is COc1ccc(OC)c(/C=C/C(=O)N2CCCN2C(=O)c2cc(C)on2)c1. The Morgan fingerprint density at radius 3 is 2.59 bits per heavy atom. The summed E-state index contributed by atoms with van der Waals surface area (Å²) in [5.74, 6) is 1.16. The summed E-state index contributed by atoms with van der Waals surface area (Å²) in [5.41, 5.74) is 0.889. The molecule has 0 radical (unpaired) electrons. The Kier molecular flexibility index (Phi) is 5.44. The van der Waals surface area contributed by atoms with E-state index in [0.29, 0.717) is 42.3 Å². The second-order valence-electron chi connectivity index (χ2n) is 6.01. The zero-order valence-corrected chi connectivity index (χ0v) is 15.5. The molecule has 2 aromatic rings. The Morgan fingerprint density at radius 1 is 1.15 bits per heavy atom. The molecule has 1 aromatic heterocycles. The molecule has 0 bridgehead atoms. The number of aromatic nitrogens is 1. The Morgan fingerprint density at radius 2 is 1.93 bits per heavy atom. The molecule has 1 saturated heterocycles. The largest absolute Gasteiger partial charge is 0.497 e. The van der Waals surface area contributed by atoms with E-state index in [-0.39, 0.29) is 17.5 Å². The maximum absolute atomic E-state index is 12.7. The standard InChI is InChI=1S/C19H21N3O5/c1-13-11-16(20-27-13)19(24)22-10-4-9-21(22)18(23)8-5-14-12-15(25-2)6-7-17(14)26-3/h5-8,11-12H,4,9-10H2,1-3H3/b8-5+. The van der Waals surface area contributed by atoms with Gasteiger partial charge in [0.15, 0.2) is 5.69 Å². The van der Waals surface area contributed by atoms with Crippen molar-refractivity contribution in [1.82, 2.24) is 15.2 Å². The van der Waals surface area contributed by atoms with Crippen molar-refractivity contribution in [1.29, 1.82) is 0 Å². The second-order valence-corrected chi connectivity index (χ2v) is 6.01. The third kappa shape index (κ3) is 3.94. The molecule has 8 heteroatoms. The molecule has 0 spiro atoms. The Balaban J connectivity index is 1.77. The topological polar surface area (TPSA) is 85.1 Å². The summed E-state index contributed by atoms with van der Waals surface area (Å²) in [6, 6.07) is 6.87. The molecule has 142 valence electrons. The number of hydrogen-bond donors (Lipinski definition) is 0. The first-order valence-corrected chi connectivity index (χ1v) is 8.50. The van der Waals surface area contributed by atoms with E-state index in [9.17, 15) is 9.59 Å². The van der Waals surface area contributed by atoms with Crippen LogP contribution < -0.4 is 9.47 Å². The summed E-state index contributed by atoms with van der Waals surface area (Å²) in [5, 5.41) is 6.54. The summed E-state index contributed by atoms with van der Waals surface area (Å²) in [7, 11) is 3.13. The summed E-state index contributed by atoms with van der Waals surface area (Å²) < 4.78 is 15.5. The van der Waals surface area contributed by atoms with Crippen LogP contribution in [0.3, 0.4) is 0 Å². The average Bonchev–Trinajstić information content (AvgIpc) is 3.34. The van der Waals surface area contributed by atoms with Gasteiger partial charge >= 0.3 is 0 Å². The van der Waals surface area contributed by atoms with Crippen LogP contribution in [0.25, 0.3) is 6.08 Å². The van der Waals surface area contributed by atoms with Gasteiger partial charge in [0.1, 0.15) is 17.3 Å². The van der Waals surface area contributed by atoms with Gasteiger partial charge in [0.25, 0.3) is 11.8 Å². The molecule has 3 rings (SSSR count). The molecule has 0 aliphatic carbocycles. The molecule has 1 aliphatic heterocycles. The van der Waals surface area contributed by atoms with Crippen LogP contribution in [0.2, 0.25) is 0 Å². The summed E-state index contributed by atoms with van der Waals surface area (Å²) >= 11 is 0. The van der Waals surface area contributed by atoms with Crippen molar-refractivity contribution in [3.63, 3.8) is 0 Å². The Labute approximate surface area is 156 Å². The van der Waals surface area contributed by atoms with Crippen molar-refractivity contribution >= 4 is 17.9 Å². The van der Waals surface area contributed by atoms with Crippen molar-refractivity contribution in [3.05, 3.63) is 47.4 Å². The Bertz CT molecular complexity index is 874. The van der Waals surface area contributed by atoms with Gasteiger partial charge in [-0.2, -0.15) is 0 Å². The number of benzene rings is 1. The predicted molar refractivity (Wildman–Crippen MR) is 97.2 cm³/mol. The van der Waals surface area contributed by atoms with E-state index in [1.807, 2.05) is 0 Å². The van der Waals surface area contributed by atoms with Crippen LogP contribution in [-0.2, 0) is 4.79 Å². The predicted octanol–water partition coefficient (Wildman–Crippen LogP) is 2.30. The van der Waals surface area contributed by atoms with Crippen LogP contribution in [0.4, 0.5) is 0 Å². The molecule has 0 N–H and O–H groups in total. The number of hydrogen-bond acceptors (Lipinski definition) is 6. The summed E-state index contributed by atoms with van der Waals surface area (Å²) in [6.45, 7) is 2.62. The minimum atomic E-state index is -0.356. The molecule has 1 aromatic carbocycles. The fourth-order valence-electron chi connectivity index (χ4n) is 2.87. The monoisotopic (exact) mass is 371 g/mol. The number of ether oxygens (including phenoxy) is 2. The van der Waals surface area contributed by atoms with Gasteiger partial charge in [0, 0.05) is 30.8 Å². The van der Waals surface area contributed by atoms with Crippen LogP contribution in [0.15, 0.2) is 34.9 Å². The molecule has 1 fully saturated rings. The third-order valence-corrected chi connectivity index (χ3v) is 4.21. The number of aryl methyl sites for hydroxylation is 1. The minimum absolute atomic E-state index is 0.186. The van der Waals surface area contributed by atoms with Crippen molar-refractivity contribution in [2.45, 2.75) is 13.3 Å². The van der Waals surface area contributed by atoms with Gasteiger partial charge in [0.2, 0.25) is 0 Å². The van der Waals surface area contributed by atoms with E-state index >= 15 is 0 Å². The highest BCUT2D eigenvalue weighted by atomic mass is 16.5. The zero-order valence-electron chi connectivity index (χ0n) is 15.5. The zero-order chi connectivity index (χ0) is 19.4. The number of hydrazine groups is 1. The van der Waals surface area contributed by atoms with E-state index < -0.39 is 0 Å². The fourth-order valence-corrected chi connectivity index (χ4v) is 2.87. The average molecular weight is 371 g/mol. The highest BCUT2D eigenvalue weighted by Crippen LogP contribution is 2.25. The van der Waals surface area contributed by atoms with Crippen LogP contribution in [0.1, 0.15) is 28.2 Å². The van der Waals surface area contributed by atoms with Gasteiger partial charge in [0.05, 0.1) is 14.2 Å². The number of nitrogens with zero attached hydrogens (tertiary/aromatic N) is 3. The summed E-state index contributed by atoms with van der Waals surface area (Å²) in [4.78, 5) is 25.2. The molecule has 0 unspecified atom stereocenters. The van der Waals surface area contributed by atoms with Crippen molar-refractivity contribution < 1.29 is 23.6 Å². The number of carbonyl (C=O) groups is 2. The Hall–Kier alpha value is -3.29. The van der Waals surface area contributed by atoms with E-state index in [1.54, 1.807) is 51.5 Å². The minimum Gasteiger partial charge on any atom is -0.497 e. The van der Waals surface area contributed by atoms with Crippen LogP contribution in [-0.4, -0.2) is 54.3 Å². The molecule has 0 saturated carbocycles. The molecule has 2 amide bonds. The maximum Gasteiger partial charge on any atom is 0.294 e. The van der Waals surface area contributed by atoms with E-state index in [2.05, 4.69) is 5.16 Å². The van der Waals surface area contributed by atoms with Crippen LogP contribution in [0.5, 0.6) is 11.5 Å². The quantitative estimate of drug-likeness (QED) is 0.750. The molecule has 0 atom stereocenters. The summed E-state index contributed by atoms with van der Waals surface area (Å²) in [6.07, 6.45) is 3.76. The number of rotatable bonds is 5. The third-order valence-electron chi connectivity index (χ3n) is 4.21. The highest BCUT2D eigenvalue weighted by Gasteiger charge is 2.31. The number of carbonyl (C=O) groups excluding carboxylic acids is 2. The van der Waals surface area contributed by atoms with Gasteiger partial charge in [-0.15, -0.1) is 0 Å². The first-order valence-electron chi connectivity index (χ1n) is 8.50. The lowest BCUT2D eigenvalue weighted by Gasteiger charge is -2.26. The molecular weight excluding hydrogens is 350 g/mol. The number of amides is 2. The normalized spacial score (nSPS) is 14.0. The maximum atomic E-state index is 12.7. The van der Waals surface area contributed by atoms with Gasteiger partial charge in [-0.3, -0.25) is 9.59 Å². The van der Waals surface area contributed by atoms with Crippen molar-refractivity contribution in [2.24, 2.45) is 0 Å². The van der Waals surface area contributed by atoms with E-state index in [4.69, 9.17) is 14.0 Å². The molecule has 1 aliphatic rings. The fraction of sp³-hybridized carbons (Fsp3) is 0.316. The van der Waals surface area contributed by atoms with Gasteiger partial charge in [-0.1, -0.05) is 5.16 Å². The van der Waals surface area contributed by atoms with Gasteiger partial charge in [-0.05, 0) is 37.6 Å². The van der Waals surface area contributed by atoms with Crippen molar-refractivity contribution in [2.75, 3.05) is 27.3 Å². The lowest BCUT2D eigenvalue weighted by atomic mass is 10.1. The van der Waals surface area contributed by atoms with Crippen molar-refractivity contribution in [3.8, 4) is 11.5 Å². The number of methoxy groups -OCH3 is 2. The lowest BCUT2D eigenvalue weighted by Crippen LogP contribution is -2.44. The highest BCUT2D eigenvalue weighted by molar-refractivity contribution is 5.97. The lowest BCUT2D eigenvalue weighted by molar-refractivity contribution is -0.134.